The second-order valence-corrected chi connectivity index (χ2v) is 5.54. The Morgan fingerprint density at radius 1 is 1.00 bits per heavy atom. The van der Waals surface area contributed by atoms with Gasteiger partial charge in [-0.25, -0.2) is 0 Å². The van der Waals surface area contributed by atoms with Crippen molar-refractivity contribution in [1.29, 1.82) is 0 Å². The highest BCUT2D eigenvalue weighted by atomic mass is 16.6. The van der Waals surface area contributed by atoms with Gasteiger partial charge in [-0.05, 0) is 31.9 Å². The van der Waals surface area contributed by atoms with E-state index in [-0.39, 0.29) is 6.10 Å². The van der Waals surface area contributed by atoms with Crippen LogP contribution < -0.4 is 4.74 Å². The first-order valence-electron chi connectivity index (χ1n) is 8.23. The van der Waals surface area contributed by atoms with Gasteiger partial charge in [-0.15, -0.1) is 0 Å². The topological polar surface area (TPSA) is 38.7 Å². The molecule has 1 aromatic carbocycles. The van der Waals surface area contributed by atoms with Gasteiger partial charge in [0.1, 0.15) is 11.9 Å². The van der Waals surface area contributed by atoms with Crippen LogP contribution in [0.5, 0.6) is 5.75 Å². The maximum absolute atomic E-state index is 9.26. The monoisotopic (exact) mass is 294 g/mol. The third-order valence-corrected chi connectivity index (χ3v) is 3.45. The molecule has 1 N–H and O–H groups in total. The molecule has 0 aliphatic carbocycles. The smallest absolute Gasteiger partial charge is 0.151 e. The normalized spacial score (nSPS) is 13.9. The van der Waals surface area contributed by atoms with Crippen LogP contribution in [0.4, 0.5) is 0 Å². The van der Waals surface area contributed by atoms with Gasteiger partial charge >= 0.3 is 0 Å². The van der Waals surface area contributed by atoms with Crippen molar-refractivity contribution >= 4 is 0 Å². The molecule has 0 aliphatic heterocycles. The molecule has 0 spiro atoms. The first kappa shape index (κ1) is 18.0. The number of hydrogen-bond donors (Lipinski definition) is 1. The van der Waals surface area contributed by atoms with Crippen LogP contribution in [0.2, 0.25) is 0 Å². The molecular weight excluding hydrogens is 264 g/mol. The highest BCUT2D eigenvalue weighted by Crippen LogP contribution is 2.16. The summed E-state index contributed by atoms with van der Waals surface area (Å²) in [7, 11) is 0. The minimum Gasteiger partial charge on any atom is -0.488 e. The highest BCUT2D eigenvalue weighted by Gasteiger charge is 2.12. The third kappa shape index (κ3) is 9.48. The molecule has 0 aromatic heterocycles. The van der Waals surface area contributed by atoms with E-state index in [0.29, 0.717) is 6.61 Å². The van der Waals surface area contributed by atoms with Gasteiger partial charge < -0.3 is 14.6 Å². The number of aliphatic hydroxyl groups is 1. The Hall–Kier alpha value is -1.06. The van der Waals surface area contributed by atoms with E-state index in [1.807, 2.05) is 30.3 Å². The Morgan fingerprint density at radius 3 is 2.33 bits per heavy atom. The molecule has 21 heavy (non-hydrogen) atoms. The summed E-state index contributed by atoms with van der Waals surface area (Å²) in [5.41, 5.74) is 0. The number of aliphatic hydroxyl groups excluding tert-OH is 1. The van der Waals surface area contributed by atoms with Crippen LogP contribution in [0.3, 0.4) is 0 Å². The largest absolute Gasteiger partial charge is 0.488 e. The molecule has 0 heterocycles. The lowest BCUT2D eigenvalue weighted by atomic mass is 10.1. The maximum atomic E-state index is 9.26. The van der Waals surface area contributed by atoms with Gasteiger partial charge in [0.15, 0.2) is 6.29 Å². The van der Waals surface area contributed by atoms with Gasteiger partial charge in [-0.1, -0.05) is 57.2 Å². The lowest BCUT2D eigenvalue weighted by Gasteiger charge is -2.20. The molecule has 2 atom stereocenters. The van der Waals surface area contributed by atoms with Crippen molar-refractivity contribution in [3.63, 3.8) is 0 Å². The number of hydrogen-bond acceptors (Lipinski definition) is 3. The minimum absolute atomic E-state index is 0.00757. The maximum Gasteiger partial charge on any atom is 0.151 e. The molecule has 0 amide bonds. The van der Waals surface area contributed by atoms with E-state index in [4.69, 9.17) is 9.47 Å². The number of ether oxygens (including phenoxy) is 2. The van der Waals surface area contributed by atoms with Crippen LogP contribution in [0.15, 0.2) is 30.3 Å². The molecule has 120 valence electrons. The molecule has 3 nitrogen and oxygen atoms in total. The van der Waals surface area contributed by atoms with Crippen molar-refractivity contribution in [2.45, 2.75) is 71.2 Å². The lowest BCUT2D eigenvalue weighted by molar-refractivity contribution is -0.106. The quantitative estimate of drug-likeness (QED) is 0.454. The molecule has 1 rings (SSSR count). The zero-order chi connectivity index (χ0) is 15.3. The van der Waals surface area contributed by atoms with E-state index in [1.165, 1.54) is 32.1 Å². The Labute approximate surface area is 129 Å². The summed E-state index contributed by atoms with van der Waals surface area (Å²) in [5, 5.41) is 9.26. The molecular formula is C18H30O3. The van der Waals surface area contributed by atoms with Gasteiger partial charge in [-0.2, -0.15) is 0 Å². The first-order chi connectivity index (χ1) is 10.2. The summed E-state index contributed by atoms with van der Waals surface area (Å²) in [4.78, 5) is 0. The molecule has 0 radical (unpaired) electrons. The Kier molecular flexibility index (Phi) is 9.92. The molecule has 0 saturated carbocycles. The summed E-state index contributed by atoms with van der Waals surface area (Å²) < 4.78 is 11.3. The summed E-state index contributed by atoms with van der Waals surface area (Å²) in [6.45, 7) is 4.29. The molecule has 0 fully saturated rings. The van der Waals surface area contributed by atoms with E-state index in [9.17, 15) is 5.11 Å². The van der Waals surface area contributed by atoms with Gasteiger partial charge in [0.2, 0.25) is 0 Å². The minimum atomic E-state index is -0.739. The fourth-order valence-corrected chi connectivity index (χ4v) is 2.27. The Bertz CT molecular complexity index is 338. The predicted octanol–water partition coefficient (Wildman–Crippen LogP) is 4.54. The van der Waals surface area contributed by atoms with E-state index in [1.54, 1.807) is 6.92 Å². The Morgan fingerprint density at radius 2 is 1.67 bits per heavy atom. The molecule has 2 unspecified atom stereocenters. The van der Waals surface area contributed by atoms with Crippen molar-refractivity contribution < 1.29 is 14.6 Å². The van der Waals surface area contributed by atoms with Crippen LogP contribution in [-0.2, 0) is 4.74 Å². The van der Waals surface area contributed by atoms with Crippen LogP contribution in [-0.4, -0.2) is 24.1 Å². The number of benzene rings is 1. The van der Waals surface area contributed by atoms with Crippen molar-refractivity contribution in [3.8, 4) is 5.75 Å². The highest BCUT2D eigenvalue weighted by molar-refractivity contribution is 5.21. The fourth-order valence-electron chi connectivity index (χ4n) is 2.27. The number of para-hydroxylation sites is 1. The summed E-state index contributed by atoms with van der Waals surface area (Å²) in [6, 6.07) is 9.81. The van der Waals surface area contributed by atoms with Gasteiger partial charge in [-0.3, -0.25) is 0 Å². The molecule has 0 saturated heterocycles. The summed E-state index contributed by atoms with van der Waals surface area (Å²) >= 11 is 0. The van der Waals surface area contributed by atoms with Gasteiger partial charge in [0.05, 0.1) is 6.61 Å². The van der Waals surface area contributed by atoms with Crippen LogP contribution in [0, 0.1) is 0 Å². The van der Waals surface area contributed by atoms with Gasteiger partial charge in [0.25, 0.3) is 0 Å². The Balaban J connectivity index is 2.30. The second kappa shape index (κ2) is 11.6. The van der Waals surface area contributed by atoms with Crippen LogP contribution >= 0.6 is 0 Å². The number of rotatable bonds is 12. The number of unbranched alkanes of at least 4 members (excludes halogenated alkanes) is 5. The van der Waals surface area contributed by atoms with Crippen molar-refractivity contribution in [3.05, 3.63) is 30.3 Å². The zero-order valence-corrected chi connectivity index (χ0v) is 13.5. The average molecular weight is 294 g/mol. The molecule has 0 aliphatic rings. The summed E-state index contributed by atoms with van der Waals surface area (Å²) in [5.74, 6) is 0.864. The van der Waals surface area contributed by atoms with Crippen molar-refractivity contribution in [2.24, 2.45) is 0 Å². The first-order valence-corrected chi connectivity index (χ1v) is 8.23. The fraction of sp³-hybridized carbons (Fsp3) is 0.667. The lowest BCUT2D eigenvalue weighted by Crippen LogP contribution is -2.25. The molecule has 1 aromatic rings. The van der Waals surface area contributed by atoms with Crippen LogP contribution in [0.25, 0.3) is 0 Å². The summed E-state index contributed by atoms with van der Waals surface area (Å²) in [6.07, 6.45) is 7.84. The average Bonchev–Trinajstić information content (AvgIpc) is 2.49. The van der Waals surface area contributed by atoms with Crippen molar-refractivity contribution in [2.75, 3.05) is 6.61 Å². The SMILES string of the molecule is CCCCCCCCC(COC(C)O)Oc1ccccc1. The standard InChI is InChI=1S/C18H30O3/c1-3-4-5-6-7-9-14-18(15-20-16(2)19)21-17-12-10-8-11-13-17/h8,10-13,16,18-19H,3-7,9,14-15H2,1-2H3. The van der Waals surface area contributed by atoms with E-state index in [0.717, 1.165) is 18.6 Å². The third-order valence-electron chi connectivity index (χ3n) is 3.45. The molecule has 3 heteroatoms. The van der Waals surface area contributed by atoms with Gasteiger partial charge in [0, 0.05) is 0 Å². The second-order valence-electron chi connectivity index (χ2n) is 5.54. The van der Waals surface area contributed by atoms with E-state index in [2.05, 4.69) is 6.92 Å². The molecule has 0 bridgehead atoms. The van der Waals surface area contributed by atoms with Crippen LogP contribution in [0.1, 0.15) is 58.8 Å². The predicted molar refractivity (Wildman–Crippen MR) is 86.5 cm³/mol. The van der Waals surface area contributed by atoms with E-state index < -0.39 is 6.29 Å². The van der Waals surface area contributed by atoms with E-state index >= 15 is 0 Å². The zero-order valence-electron chi connectivity index (χ0n) is 13.5. The van der Waals surface area contributed by atoms with Crippen molar-refractivity contribution in [1.82, 2.24) is 0 Å².